The molecule has 4 rings (SSSR count). The highest BCUT2D eigenvalue weighted by molar-refractivity contribution is 6.97. The van der Waals surface area contributed by atoms with Gasteiger partial charge in [0.25, 0.3) is 0 Å². The van der Waals surface area contributed by atoms with Crippen molar-refractivity contribution in [2.75, 3.05) is 19.0 Å². The Hall–Kier alpha value is -3.52. The van der Waals surface area contributed by atoms with Crippen LogP contribution in [0.5, 0.6) is 0 Å². The van der Waals surface area contributed by atoms with Gasteiger partial charge in [-0.1, -0.05) is 129 Å². The molecule has 0 fully saturated rings. The number of anilines is 1. The van der Waals surface area contributed by atoms with Gasteiger partial charge in [0.2, 0.25) is 6.71 Å². The molecule has 0 heterocycles. The fourth-order valence-electron chi connectivity index (χ4n) is 5.89. The SMILES string of the molecule is Cc1cc(C)c(B(c2ccccc2/C=C/c2ccccc2N(C)C)c2c(C)cc(C)cc2C)c(C)c1. The van der Waals surface area contributed by atoms with Gasteiger partial charge >= 0.3 is 0 Å². The van der Waals surface area contributed by atoms with Crippen molar-refractivity contribution in [3.05, 3.63) is 117 Å². The Morgan fingerprint density at radius 3 is 1.47 bits per heavy atom. The Balaban J connectivity index is 1.97. The van der Waals surface area contributed by atoms with Gasteiger partial charge < -0.3 is 4.90 Å². The summed E-state index contributed by atoms with van der Waals surface area (Å²) in [5, 5.41) is 0. The molecule has 0 saturated heterocycles. The molecular weight excluding hydrogens is 433 g/mol. The summed E-state index contributed by atoms with van der Waals surface area (Å²) in [7, 11) is 4.20. The molecule has 0 saturated carbocycles. The maximum atomic E-state index is 2.33. The molecule has 0 aliphatic heterocycles. The minimum Gasteiger partial charge on any atom is -0.377 e. The fraction of sp³-hybridized carbons (Fsp3) is 0.235. The lowest BCUT2D eigenvalue weighted by atomic mass is 9.33. The van der Waals surface area contributed by atoms with Crippen LogP contribution in [0.15, 0.2) is 72.8 Å². The molecule has 4 aromatic carbocycles. The first kappa shape index (κ1) is 25.6. The molecule has 0 aromatic heterocycles. The average Bonchev–Trinajstić information content (AvgIpc) is 2.81. The van der Waals surface area contributed by atoms with Gasteiger partial charge in [0.05, 0.1) is 0 Å². The molecule has 0 aliphatic rings. The van der Waals surface area contributed by atoms with Crippen molar-refractivity contribution in [3.63, 3.8) is 0 Å². The van der Waals surface area contributed by atoms with Crippen LogP contribution in [0.1, 0.15) is 44.5 Å². The topological polar surface area (TPSA) is 3.24 Å². The third-order valence-electron chi connectivity index (χ3n) is 7.22. The number of nitrogens with zero attached hydrogens (tertiary/aromatic N) is 1. The second-order valence-electron chi connectivity index (χ2n) is 10.5. The minimum atomic E-state index is 0.163. The van der Waals surface area contributed by atoms with E-state index >= 15 is 0 Å². The van der Waals surface area contributed by atoms with Crippen LogP contribution in [0.2, 0.25) is 0 Å². The minimum absolute atomic E-state index is 0.163. The van der Waals surface area contributed by atoms with E-state index in [1.165, 1.54) is 66.6 Å². The quantitative estimate of drug-likeness (QED) is 0.236. The summed E-state index contributed by atoms with van der Waals surface area (Å²) in [5.41, 5.74) is 15.9. The van der Waals surface area contributed by atoms with E-state index in [-0.39, 0.29) is 6.71 Å². The van der Waals surface area contributed by atoms with Crippen LogP contribution in [0.25, 0.3) is 12.2 Å². The van der Waals surface area contributed by atoms with Crippen LogP contribution in [0, 0.1) is 41.5 Å². The summed E-state index contributed by atoms with van der Waals surface area (Å²) >= 11 is 0. The maximum Gasteiger partial charge on any atom is 0.243 e. The molecule has 0 amide bonds. The van der Waals surface area contributed by atoms with Crippen LogP contribution in [-0.4, -0.2) is 20.8 Å². The highest BCUT2D eigenvalue weighted by Crippen LogP contribution is 2.21. The Kier molecular flexibility index (Phi) is 7.55. The van der Waals surface area contributed by atoms with E-state index in [0.29, 0.717) is 0 Å². The highest BCUT2D eigenvalue weighted by Gasteiger charge is 2.29. The van der Waals surface area contributed by atoms with Crippen molar-refractivity contribution in [2.45, 2.75) is 41.5 Å². The Labute approximate surface area is 218 Å². The Morgan fingerprint density at radius 2 is 0.972 bits per heavy atom. The molecule has 0 spiro atoms. The van der Waals surface area contributed by atoms with Gasteiger partial charge in [0, 0.05) is 19.8 Å². The Morgan fingerprint density at radius 1 is 0.556 bits per heavy atom. The predicted octanol–water partition coefficient (Wildman–Crippen LogP) is 6.29. The first-order chi connectivity index (χ1) is 17.2. The van der Waals surface area contributed by atoms with Crippen LogP contribution in [-0.2, 0) is 0 Å². The number of benzene rings is 4. The lowest BCUT2D eigenvalue weighted by Crippen LogP contribution is -2.56. The van der Waals surface area contributed by atoms with E-state index in [4.69, 9.17) is 0 Å². The number of rotatable bonds is 6. The summed E-state index contributed by atoms with van der Waals surface area (Å²) in [6.45, 7) is 13.6. The molecule has 0 atom stereocenters. The summed E-state index contributed by atoms with van der Waals surface area (Å²) in [6, 6.07) is 26.8. The molecule has 1 nitrogen and oxygen atoms in total. The van der Waals surface area contributed by atoms with Crippen molar-refractivity contribution in [3.8, 4) is 0 Å². The third-order valence-corrected chi connectivity index (χ3v) is 7.22. The van der Waals surface area contributed by atoms with E-state index < -0.39 is 0 Å². The van der Waals surface area contributed by atoms with Crippen molar-refractivity contribution >= 4 is 40.9 Å². The molecule has 36 heavy (non-hydrogen) atoms. The predicted molar refractivity (Wildman–Crippen MR) is 162 cm³/mol. The largest absolute Gasteiger partial charge is 0.377 e. The van der Waals surface area contributed by atoms with E-state index in [1.807, 2.05) is 0 Å². The van der Waals surface area contributed by atoms with E-state index in [0.717, 1.165) is 0 Å². The van der Waals surface area contributed by atoms with Crippen molar-refractivity contribution < 1.29 is 0 Å². The lowest BCUT2D eigenvalue weighted by molar-refractivity contribution is 1.13. The van der Waals surface area contributed by atoms with E-state index in [1.54, 1.807) is 0 Å². The number of para-hydroxylation sites is 1. The third kappa shape index (κ3) is 5.19. The van der Waals surface area contributed by atoms with Crippen LogP contribution < -0.4 is 21.3 Å². The van der Waals surface area contributed by atoms with Crippen LogP contribution >= 0.6 is 0 Å². The monoisotopic (exact) mass is 471 g/mol. The van der Waals surface area contributed by atoms with Gasteiger partial charge in [-0.15, -0.1) is 0 Å². The molecule has 0 radical (unpaired) electrons. The zero-order valence-corrected chi connectivity index (χ0v) is 23.1. The molecule has 0 unspecified atom stereocenters. The van der Waals surface area contributed by atoms with Crippen LogP contribution in [0.4, 0.5) is 5.69 Å². The number of hydrogen-bond donors (Lipinski definition) is 0. The molecule has 0 bridgehead atoms. The lowest BCUT2D eigenvalue weighted by Gasteiger charge is -2.26. The summed E-state index contributed by atoms with van der Waals surface area (Å²) in [4.78, 5) is 2.17. The van der Waals surface area contributed by atoms with E-state index in [9.17, 15) is 0 Å². The van der Waals surface area contributed by atoms with Crippen molar-refractivity contribution in [1.29, 1.82) is 0 Å². The smallest absolute Gasteiger partial charge is 0.243 e. The normalized spacial score (nSPS) is 11.2. The van der Waals surface area contributed by atoms with Gasteiger partial charge in [-0.25, -0.2) is 0 Å². The first-order valence-electron chi connectivity index (χ1n) is 12.9. The second-order valence-corrected chi connectivity index (χ2v) is 10.5. The average molecular weight is 471 g/mol. The van der Waals surface area contributed by atoms with Gasteiger partial charge in [-0.05, 0) is 58.7 Å². The zero-order valence-electron chi connectivity index (χ0n) is 23.1. The standard InChI is InChI=1S/C34H38BN/c1-23-19-25(3)33(26(4)20-23)35(34-27(5)21-24(2)22-28(34)6)31-15-11-9-13-29(31)17-18-30-14-10-12-16-32(30)36(7)8/h9-22H,1-8H3/b18-17+. The molecule has 0 N–H and O–H groups in total. The maximum absolute atomic E-state index is 2.33. The molecule has 182 valence electrons. The molecule has 4 aromatic rings. The first-order valence-corrected chi connectivity index (χ1v) is 12.9. The van der Waals surface area contributed by atoms with Gasteiger partial charge in [-0.2, -0.15) is 0 Å². The van der Waals surface area contributed by atoms with Gasteiger partial charge in [0.15, 0.2) is 0 Å². The fourth-order valence-corrected chi connectivity index (χ4v) is 5.89. The molecule has 0 aliphatic carbocycles. The molecule has 2 heteroatoms. The van der Waals surface area contributed by atoms with Gasteiger partial charge in [-0.3, -0.25) is 0 Å². The summed E-state index contributed by atoms with van der Waals surface area (Å²) in [5.74, 6) is 0. The summed E-state index contributed by atoms with van der Waals surface area (Å²) in [6.07, 6.45) is 4.55. The zero-order chi connectivity index (χ0) is 26.0. The van der Waals surface area contributed by atoms with Gasteiger partial charge in [0.1, 0.15) is 0 Å². The number of hydrogen-bond acceptors (Lipinski definition) is 1. The van der Waals surface area contributed by atoms with Crippen LogP contribution in [0.3, 0.4) is 0 Å². The highest BCUT2D eigenvalue weighted by atomic mass is 15.1. The second kappa shape index (κ2) is 10.6. The summed E-state index contributed by atoms with van der Waals surface area (Å²) < 4.78 is 0. The number of aryl methyl sites for hydroxylation is 6. The van der Waals surface area contributed by atoms with E-state index in [2.05, 4.69) is 145 Å². The Bertz CT molecular complexity index is 1320. The van der Waals surface area contributed by atoms with Crippen molar-refractivity contribution in [2.24, 2.45) is 0 Å². The van der Waals surface area contributed by atoms with Crippen molar-refractivity contribution in [1.82, 2.24) is 0 Å². The molecular formula is C34H38BN.